The number of anilines is 1. The maximum absolute atomic E-state index is 10.8. The van der Waals surface area contributed by atoms with Crippen molar-refractivity contribution in [3.63, 3.8) is 0 Å². The molecule has 1 N–H and O–H groups in total. The first-order valence-electron chi connectivity index (χ1n) is 3.74. The van der Waals surface area contributed by atoms with Gasteiger partial charge in [-0.15, -0.1) is 0 Å². The molecule has 0 aliphatic heterocycles. The summed E-state index contributed by atoms with van der Waals surface area (Å²) in [6, 6.07) is 5.50. The lowest BCUT2D eigenvalue weighted by Crippen LogP contribution is -2.06. The van der Waals surface area contributed by atoms with Gasteiger partial charge >= 0.3 is 0 Å². The highest BCUT2D eigenvalue weighted by molar-refractivity contribution is 14.1. The van der Waals surface area contributed by atoms with E-state index in [0.717, 1.165) is 15.0 Å². The molecule has 0 unspecified atom stereocenters. The minimum Gasteiger partial charge on any atom is -0.497 e. The molecular weight excluding hydrogens is 281 g/mol. The van der Waals surface area contributed by atoms with E-state index < -0.39 is 0 Å². The molecule has 3 nitrogen and oxygen atoms in total. The summed E-state index contributed by atoms with van der Waals surface area (Å²) in [4.78, 5) is 10.8. The van der Waals surface area contributed by atoms with Crippen LogP contribution in [0.3, 0.4) is 0 Å². The van der Waals surface area contributed by atoms with Crippen molar-refractivity contribution in [2.24, 2.45) is 0 Å². The van der Waals surface area contributed by atoms with Crippen LogP contribution in [0.15, 0.2) is 18.2 Å². The molecule has 0 saturated carbocycles. The topological polar surface area (TPSA) is 38.3 Å². The van der Waals surface area contributed by atoms with Crippen molar-refractivity contribution in [3.8, 4) is 5.75 Å². The molecule has 0 atom stereocenters. The van der Waals surface area contributed by atoms with E-state index in [-0.39, 0.29) is 5.91 Å². The van der Waals surface area contributed by atoms with Gasteiger partial charge in [0.15, 0.2) is 0 Å². The van der Waals surface area contributed by atoms with Gasteiger partial charge in [-0.1, -0.05) is 0 Å². The van der Waals surface area contributed by atoms with Gasteiger partial charge in [0.05, 0.1) is 12.8 Å². The summed E-state index contributed by atoms with van der Waals surface area (Å²) in [5.41, 5.74) is 0.814. The molecule has 0 aliphatic rings. The van der Waals surface area contributed by atoms with E-state index in [2.05, 4.69) is 27.9 Å². The van der Waals surface area contributed by atoms with Crippen molar-refractivity contribution < 1.29 is 9.53 Å². The number of methoxy groups -OCH3 is 1. The molecule has 0 aliphatic carbocycles. The number of nitrogens with one attached hydrogen (secondary N) is 1. The van der Waals surface area contributed by atoms with Crippen LogP contribution >= 0.6 is 22.6 Å². The molecule has 0 fully saturated rings. The molecule has 0 saturated heterocycles. The minimum absolute atomic E-state index is 0.0666. The predicted molar refractivity (Wildman–Crippen MR) is 60.0 cm³/mol. The fourth-order valence-corrected chi connectivity index (χ4v) is 1.54. The fraction of sp³-hybridized carbons (Fsp3) is 0.222. The van der Waals surface area contributed by atoms with Gasteiger partial charge in [-0.25, -0.2) is 0 Å². The zero-order chi connectivity index (χ0) is 9.84. The van der Waals surface area contributed by atoms with Crippen LogP contribution in [0, 0.1) is 3.57 Å². The van der Waals surface area contributed by atoms with Crippen LogP contribution in [0.4, 0.5) is 5.69 Å². The first-order chi connectivity index (χ1) is 6.13. The van der Waals surface area contributed by atoms with E-state index in [1.54, 1.807) is 7.11 Å². The Morgan fingerprint density at radius 1 is 1.54 bits per heavy atom. The molecule has 1 rings (SSSR count). The lowest BCUT2D eigenvalue weighted by molar-refractivity contribution is -0.114. The number of hydrogen-bond donors (Lipinski definition) is 1. The maximum atomic E-state index is 10.8. The minimum atomic E-state index is -0.0666. The Hall–Kier alpha value is -0.780. The quantitative estimate of drug-likeness (QED) is 0.849. The predicted octanol–water partition coefficient (Wildman–Crippen LogP) is 2.26. The third kappa shape index (κ3) is 2.87. The van der Waals surface area contributed by atoms with E-state index >= 15 is 0 Å². The largest absolute Gasteiger partial charge is 0.497 e. The molecule has 0 spiro atoms. The van der Waals surface area contributed by atoms with Crippen LogP contribution in [-0.4, -0.2) is 13.0 Å². The maximum Gasteiger partial charge on any atom is 0.221 e. The smallest absolute Gasteiger partial charge is 0.221 e. The number of rotatable bonds is 2. The normalized spacial score (nSPS) is 9.46. The highest BCUT2D eigenvalue weighted by atomic mass is 127. The highest BCUT2D eigenvalue weighted by Crippen LogP contribution is 2.23. The average molecular weight is 291 g/mol. The first kappa shape index (κ1) is 10.3. The summed E-state index contributed by atoms with van der Waals surface area (Å²) in [6.45, 7) is 1.49. The number of amides is 1. The van der Waals surface area contributed by atoms with Gasteiger partial charge in [0, 0.05) is 10.5 Å². The standard InChI is InChI=1S/C9H10INO2/c1-6(12)11-9-4-3-7(13-2)5-8(9)10/h3-5H,1-2H3,(H,11,12). The second kappa shape index (κ2) is 4.45. The van der Waals surface area contributed by atoms with Gasteiger partial charge in [0.1, 0.15) is 5.75 Å². The number of benzene rings is 1. The lowest BCUT2D eigenvalue weighted by Gasteiger charge is -2.06. The summed E-state index contributed by atoms with van der Waals surface area (Å²) in [5, 5.41) is 2.72. The van der Waals surface area contributed by atoms with Crippen molar-refractivity contribution in [3.05, 3.63) is 21.8 Å². The number of hydrogen-bond acceptors (Lipinski definition) is 2. The molecule has 0 heterocycles. The zero-order valence-corrected chi connectivity index (χ0v) is 9.58. The molecule has 0 bridgehead atoms. The summed E-state index contributed by atoms with van der Waals surface area (Å²) in [6.07, 6.45) is 0. The summed E-state index contributed by atoms with van der Waals surface area (Å²) < 4.78 is 6.00. The van der Waals surface area contributed by atoms with E-state index in [0.29, 0.717) is 0 Å². The fourth-order valence-electron chi connectivity index (χ4n) is 0.914. The summed E-state index contributed by atoms with van der Waals surface area (Å²) in [7, 11) is 1.61. The SMILES string of the molecule is COc1ccc(NC(C)=O)c(I)c1. The Balaban J connectivity index is 2.91. The third-order valence-corrected chi connectivity index (χ3v) is 2.38. The van der Waals surface area contributed by atoms with E-state index in [1.165, 1.54) is 6.92 Å². The Morgan fingerprint density at radius 3 is 2.69 bits per heavy atom. The van der Waals surface area contributed by atoms with Crippen molar-refractivity contribution in [2.75, 3.05) is 12.4 Å². The molecule has 1 aromatic carbocycles. The van der Waals surface area contributed by atoms with Crippen LogP contribution in [0.2, 0.25) is 0 Å². The van der Waals surface area contributed by atoms with Crippen LogP contribution in [0.1, 0.15) is 6.92 Å². The number of carbonyl (C=O) groups is 1. The van der Waals surface area contributed by atoms with Crippen molar-refractivity contribution in [1.82, 2.24) is 0 Å². The molecule has 4 heteroatoms. The summed E-state index contributed by atoms with van der Waals surface area (Å²) >= 11 is 2.15. The van der Waals surface area contributed by atoms with Crippen LogP contribution in [-0.2, 0) is 4.79 Å². The first-order valence-corrected chi connectivity index (χ1v) is 4.82. The second-order valence-electron chi connectivity index (χ2n) is 2.53. The van der Waals surface area contributed by atoms with Crippen molar-refractivity contribution in [1.29, 1.82) is 0 Å². The van der Waals surface area contributed by atoms with E-state index in [1.807, 2.05) is 18.2 Å². The molecule has 1 aromatic rings. The Kier molecular flexibility index (Phi) is 3.53. The van der Waals surface area contributed by atoms with Crippen LogP contribution < -0.4 is 10.1 Å². The Bertz CT molecular complexity index is 325. The van der Waals surface area contributed by atoms with Crippen LogP contribution in [0.25, 0.3) is 0 Å². The van der Waals surface area contributed by atoms with Gasteiger partial charge in [0.2, 0.25) is 5.91 Å². The van der Waals surface area contributed by atoms with Crippen molar-refractivity contribution >= 4 is 34.2 Å². The zero-order valence-electron chi connectivity index (χ0n) is 7.43. The van der Waals surface area contributed by atoms with E-state index in [4.69, 9.17) is 4.74 Å². The summed E-state index contributed by atoms with van der Waals surface area (Å²) in [5.74, 6) is 0.724. The highest BCUT2D eigenvalue weighted by Gasteiger charge is 2.02. The Labute approximate surface area is 90.6 Å². The average Bonchev–Trinajstić information content (AvgIpc) is 2.08. The molecule has 13 heavy (non-hydrogen) atoms. The Morgan fingerprint density at radius 2 is 2.23 bits per heavy atom. The van der Waals surface area contributed by atoms with Crippen LogP contribution in [0.5, 0.6) is 5.75 Å². The van der Waals surface area contributed by atoms with Crippen molar-refractivity contribution in [2.45, 2.75) is 6.92 Å². The van der Waals surface area contributed by atoms with Gasteiger partial charge in [-0.2, -0.15) is 0 Å². The second-order valence-corrected chi connectivity index (χ2v) is 3.69. The number of carbonyl (C=O) groups excluding carboxylic acids is 1. The molecule has 0 aromatic heterocycles. The van der Waals surface area contributed by atoms with Gasteiger partial charge in [-0.3, -0.25) is 4.79 Å². The molecular formula is C9H10INO2. The lowest BCUT2D eigenvalue weighted by atomic mass is 10.3. The van der Waals surface area contributed by atoms with Gasteiger partial charge < -0.3 is 10.1 Å². The number of halogens is 1. The van der Waals surface area contributed by atoms with Gasteiger partial charge in [0.25, 0.3) is 0 Å². The van der Waals surface area contributed by atoms with Gasteiger partial charge in [-0.05, 0) is 40.8 Å². The van der Waals surface area contributed by atoms with E-state index in [9.17, 15) is 4.79 Å². The molecule has 70 valence electrons. The number of ether oxygens (including phenoxy) is 1. The molecule has 0 radical (unpaired) electrons. The third-order valence-electron chi connectivity index (χ3n) is 1.49. The monoisotopic (exact) mass is 291 g/mol. The molecule has 1 amide bonds.